The monoisotopic (exact) mass is 260 g/mol. The molecule has 102 valence electrons. The van der Waals surface area contributed by atoms with Crippen LogP contribution < -0.4 is 16.0 Å². The lowest BCUT2D eigenvalue weighted by Gasteiger charge is -2.33. The Labute approximate surface area is 113 Å². The lowest BCUT2D eigenvalue weighted by atomic mass is 10.1. The van der Waals surface area contributed by atoms with Crippen LogP contribution in [0.5, 0.6) is 0 Å². The molecule has 3 N–H and O–H groups in total. The van der Waals surface area contributed by atoms with Crippen LogP contribution in [0.15, 0.2) is 18.2 Å². The maximum atomic E-state index is 11.3. The normalized spacial score (nSPS) is 23.0. The molecule has 1 atom stereocenters. The van der Waals surface area contributed by atoms with Crippen LogP contribution in [0.2, 0.25) is 0 Å². The fourth-order valence-electron chi connectivity index (χ4n) is 2.67. The predicted molar refractivity (Wildman–Crippen MR) is 76.6 cm³/mol. The van der Waals surface area contributed by atoms with Crippen molar-refractivity contribution in [2.45, 2.75) is 12.5 Å². The van der Waals surface area contributed by atoms with Gasteiger partial charge >= 0.3 is 0 Å². The number of hydrogen-bond donors (Lipinski definition) is 3. The van der Waals surface area contributed by atoms with Gasteiger partial charge in [-0.2, -0.15) is 0 Å². The standard InChI is InChI=1S/C14H20N4O/c1-18-5-4-15-8-12(18)9-16-11-2-3-13-10(6-11)7-14(19)17-13/h2-3,6,12,15-16H,4-5,7-9H2,1H3,(H,17,19). The summed E-state index contributed by atoms with van der Waals surface area (Å²) in [5.74, 6) is 0.0864. The van der Waals surface area contributed by atoms with E-state index in [9.17, 15) is 4.79 Å². The molecule has 0 bridgehead atoms. The molecule has 1 amide bonds. The molecule has 0 aliphatic carbocycles. The molecule has 1 fully saturated rings. The molecular weight excluding hydrogens is 240 g/mol. The minimum absolute atomic E-state index is 0.0864. The van der Waals surface area contributed by atoms with E-state index in [0.717, 1.165) is 43.1 Å². The van der Waals surface area contributed by atoms with Gasteiger partial charge in [-0.3, -0.25) is 9.69 Å². The van der Waals surface area contributed by atoms with Crippen LogP contribution in [0.1, 0.15) is 5.56 Å². The number of carbonyl (C=O) groups excluding carboxylic acids is 1. The zero-order valence-electron chi connectivity index (χ0n) is 11.2. The van der Waals surface area contributed by atoms with Crippen molar-refractivity contribution >= 4 is 17.3 Å². The first-order valence-electron chi connectivity index (χ1n) is 6.80. The summed E-state index contributed by atoms with van der Waals surface area (Å²) in [6, 6.07) is 6.59. The lowest BCUT2D eigenvalue weighted by molar-refractivity contribution is -0.115. The van der Waals surface area contributed by atoms with Crippen molar-refractivity contribution in [1.82, 2.24) is 10.2 Å². The molecule has 2 aliphatic heterocycles. The SMILES string of the molecule is CN1CCNCC1CNc1ccc2c(c1)CC(=O)N2. The topological polar surface area (TPSA) is 56.4 Å². The number of anilines is 2. The number of nitrogens with one attached hydrogen (secondary N) is 3. The van der Waals surface area contributed by atoms with Crippen LogP contribution in [0.3, 0.4) is 0 Å². The second-order valence-electron chi connectivity index (χ2n) is 5.32. The number of nitrogens with zero attached hydrogens (tertiary/aromatic N) is 1. The molecule has 5 heteroatoms. The summed E-state index contributed by atoms with van der Waals surface area (Å²) in [7, 11) is 2.17. The quantitative estimate of drug-likeness (QED) is 0.740. The van der Waals surface area contributed by atoms with Gasteiger partial charge in [-0.15, -0.1) is 0 Å². The van der Waals surface area contributed by atoms with Gasteiger partial charge in [0.2, 0.25) is 5.91 Å². The predicted octanol–water partition coefficient (Wildman–Crippen LogP) is 0.497. The Morgan fingerprint density at radius 3 is 3.21 bits per heavy atom. The van der Waals surface area contributed by atoms with E-state index in [1.165, 1.54) is 0 Å². The van der Waals surface area contributed by atoms with E-state index in [1.54, 1.807) is 0 Å². The highest BCUT2D eigenvalue weighted by Gasteiger charge is 2.19. The smallest absolute Gasteiger partial charge is 0.228 e. The third kappa shape index (κ3) is 2.72. The minimum atomic E-state index is 0.0864. The van der Waals surface area contributed by atoms with Crippen molar-refractivity contribution in [1.29, 1.82) is 0 Å². The lowest BCUT2D eigenvalue weighted by Crippen LogP contribution is -2.52. The van der Waals surface area contributed by atoms with Crippen LogP contribution in [-0.4, -0.2) is 50.1 Å². The first-order valence-corrected chi connectivity index (χ1v) is 6.80. The molecule has 0 radical (unpaired) electrons. The summed E-state index contributed by atoms with van der Waals surface area (Å²) in [4.78, 5) is 13.7. The van der Waals surface area contributed by atoms with Crippen molar-refractivity contribution in [2.75, 3.05) is 43.9 Å². The fourth-order valence-corrected chi connectivity index (χ4v) is 2.67. The van der Waals surface area contributed by atoms with E-state index in [2.05, 4.69) is 34.0 Å². The highest BCUT2D eigenvalue weighted by Crippen LogP contribution is 2.25. The Kier molecular flexibility index (Phi) is 3.40. The van der Waals surface area contributed by atoms with Crippen molar-refractivity contribution in [3.8, 4) is 0 Å². The van der Waals surface area contributed by atoms with E-state index in [0.29, 0.717) is 12.5 Å². The molecule has 0 spiro atoms. The maximum Gasteiger partial charge on any atom is 0.228 e. The average molecular weight is 260 g/mol. The van der Waals surface area contributed by atoms with E-state index in [4.69, 9.17) is 0 Å². The van der Waals surface area contributed by atoms with Gasteiger partial charge in [0.25, 0.3) is 0 Å². The van der Waals surface area contributed by atoms with Gasteiger partial charge in [-0.05, 0) is 30.8 Å². The van der Waals surface area contributed by atoms with Gasteiger partial charge < -0.3 is 16.0 Å². The number of rotatable bonds is 3. The molecule has 1 saturated heterocycles. The highest BCUT2D eigenvalue weighted by molar-refractivity contribution is 5.99. The Morgan fingerprint density at radius 2 is 2.37 bits per heavy atom. The van der Waals surface area contributed by atoms with Gasteiger partial charge in [0, 0.05) is 43.6 Å². The van der Waals surface area contributed by atoms with E-state index in [1.807, 2.05) is 12.1 Å². The summed E-state index contributed by atoms with van der Waals surface area (Å²) < 4.78 is 0. The van der Waals surface area contributed by atoms with Gasteiger partial charge in [0.1, 0.15) is 0 Å². The van der Waals surface area contributed by atoms with Crippen molar-refractivity contribution in [3.63, 3.8) is 0 Å². The zero-order valence-corrected chi connectivity index (χ0v) is 11.2. The van der Waals surface area contributed by atoms with Crippen LogP contribution in [0.25, 0.3) is 0 Å². The van der Waals surface area contributed by atoms with Crippen molar-refractivity contribution in [2.24, 2.45) is 0 Å². The summed E-state index contributed by atoms with van der Waals surface area (Å²) in [6.45, 7) is 4.10. The molecule has 0 aromatic heterocycles. The first kappa shape index (κ1) is 12.4. The third-order valence-corrected chi connectivity index (χ3v) is 3.92. The number of hydrogen-bond acceptors (Lipinski definition) is 4. The summed E-state index contributed by atoms with van der Waals surface area (Å²) >= 11 is 0. The first-order chi connectivity index (χ1) is 9.22. The van der Waals surface area contributed by atoms with Gasteiger partial charge in [-0.1, -0.05) is 0 Å². The molecule has 1 aromatic carbocycles. The van der Waals surface area contributed by atoms with Crippen LogP contribution in [0, 0.1) is 0 Å². The largest absolute Gasteiger partial charge is 0.383 e. The average Bonchev–Trinajstić information content (AvgIpc) is 2.77. The Hall–Kier alpha value is -1.59. The number of benzene rings is 1. The van der Waals surface area contributed by atoms with Crippen LogP contribution in [-0.2, 0) is 11.2 Å². The van der Waals surface area contributed by atoms with Gasteiger partial charge in [0.15, 0.2) is 0 Å². The number of likely N-dealkylation sites (N-methyl/N-ethyl adjacent to an activating group) is 1. The third-order valence-electron chi connectivity index (χ3n) is 3.92. The molecule has 3 rings (SSSR count). The van der Waals surface area contributed by atoms with E-state index < -0.39 is 0 Å². The minimum Gasteiger partial charge on any atom is -0.383 e. The number of fused-ring (bicyclic) bond motifs is 1. The molecule has 1 unspecified atom stereocenters. The summed E-state index contributed by atoms with van der Waals surface area (Å²) in [5, 5.41) is 9.73. The molecular formula is C14H20N4O. The second-order valence-corrected chi connectivity index (χ2v) is 5.32. The zero-order chi connectivity index (χ0) is 13.2. The molecule has 2 aliphatic rings. The maximum absolute atomic E-state index is 11.3. The van der Waals surface area contributed by atoms with E-state index in [-0.39, 0.29) is 5.91 Å². The Bertz CT molecular complexity index is 488. The number of piperazine rings is 1. The molecule has 19 heavy (non-hydrogen) atoms. The molecule has 0 saturated carbocycles. The number of carbonyl (C=O) groups is 1. The van der Waals surface area contributed by atoms with Crippen LogP contribution in [0.4, 0.5) is 11.4 Å². The van der Waals surface area contributed by atoms with Crippen LogP contribution >= 0.6 is 0 Å². The van der Waals surface area contributed by atoms with Gasteiger partial charge in [-0.25, -0.2) is 0 Å². The number of amides is 1. The molecule has 2 heterocycles. The van der Waals surface area contributed by atoms with E-state index >= 15 is 0 Å². The van der Waals surface area contributed by atoms with Crippen molar-refractivity contribution < 1.29 is 4.79 Å². The fraction of sp³-hybridized carbons (Fsp3) is 0.500. The van der Waals surface area contributed by atoms with Gasteiger partial charge in [0.05, 0.1) is 6.42 Å². The summed E-state index contributed by atoms with van der Waals surface area (Å²) in [6.07, 6.45) is 0.496. The highest BCUT2D eigenvalue weighted by atomic mass is 16.1. The second kappa shape index (κ2) is 5.19. The Morgan fingerprint density at radius 1 is 1.47 bits per heavy atom. The molecule has 5 nitrogen and oxygen atoms in total. The molecule has 1 aromatic rings. The summed E-state index contributed by atoms with van der Waals surface area (Å²) in [5.41, 5.74) is 3.13. The Balaban J connectivity index is 1.61. The van der Waals surface area contributed by atoms with Crippen molar-refractivity contribution in [3.05, 3.63) is 23.8 Å².